The van der Waals surface area contributed by atoms with Gasteiger partial charge in [0.25, 0.3) is 5.56 Å². The lowest BCUT2D eigenvalue weighted by Gasteiger charge is -2.25. The monoisotopic (exact) mass is 379 g/mol. The van der Waals surface area contributed by atoms with Crippen molar-refractivity contribution in [2.45, 2.75) is 20.5 Å². The number of benzene rings is 2. The standard InChI is InChI=1S/C21H21N3O2S/c1-3-26-18-10-6-16(7-11-18)12-19-20(25)24-14-23(13-22-21(24)27-19)17-8-4-15(2)5-9-17/h4-12H,3,13-14H2,1-2H3/b19-12+. The highest BCUT2D eigenvalue weighted by Gasteiger charge is 2.15. The molecule has 0 radical (unpaired) electrons. The number of rotatable bonds is 4. The second-order valence-corrected chi connectivity index (χ2v) is 7.45. The summed E-state index contributed by atoms with van der Waals surface area (Å²) in [4.78, 5) is 20.3. The Bertz CT molecular complexity index is 1110. The fourth-order valence-electron chi connectivity index (χ4n) is 3.01. The van der Waals surface area contributed by atoms with Gasteiger partial charge in [0.05, 0.1) is 11.1 Å². The predicted octanol–water partition coefficient (Wildman–Crippen LogP) is 2.50. The van der Waals surface area contributed by atoms with E-state index < -0.39 is 0 Å². The van der Waals surface area contributed by atoms with Gasteiger partial charge < -0.3 is 9.64 Å². The average molecular weight is 379 g/mol. The zero-order valence-electron chi connectivity index (χ0n) is 15.4. The van der Waals surface area contributed by atoms with Crippen molar-refractivity contribution in [2.75, 3.05) is 18.2 Å². The van der Waals surface area contributed by atoms with Crippen LogP contribution < -0.4 is 24.5 Å². The van der Waals surface area contributed by atoms with Crippen molar-refractivity contribution in [2.24, 2.45) is 4.99 Å². The lowest BCUT2D eigenvalue weighted by molar-refractivity contribution is 0.340. The maximum Gasteiger partial charge on any atom is 0.271 e. The molecule has 5 nitrogen and oxygen atoms in total. The van der Waals surface area contributed by atoms with Crippen LogP contribution in [-0.2, 0) is 6.67 Å². The maximum atomic E-state index is 12.8. The number of fused-ring (bicyclic) bond motifs is 1. The van der Waals surface area contributed by atoms with Crippen LogP contribution in [0.3, 0.4) is 0 Å². The molecule has 0 saturated carbocycles. The minimum Gasteiger partial charge on any atom is -0.494 e. The van der Waals surface area contributed by atoms with Gasteiger partial charge in [-0.1, -0.05) is 41.2 Å². The Hall–Kier alpha value is -2.86. The molecule has 0 amide bonds. The number of anilines is 1. The van der Waals surface area contributed by atoms with E-state index >= 15 is 0 Å². The summed E-state index contributed by atoms with van der Waals surface area (Å²) in [5.74, 6) is 0.834. The predicted molar refractivity (Wildman–Crippen MR) is 109 cm³/mol. The van der Waals surface area contributed by atoms with Gasteiger partial charge in [0.15, 0.2) is 4.80 Å². The Balaban J connectivity index is 1.64. The first-order chi connectivity index (χ1) is 13.1. The third-order valence-corrected chi connectivity index (χ3v) is 5.51. The molecule has 0 bridgehead atoms. The minimum atomic E-state index is 0.00412. The average Bonchev–Trinajstić information content (AvgIpc) is 2.99. The fraction of sp³-hybridized carbons (Fsp3) is 0.238. The molecular weight excluding hydrogens is 358 g/mol. The van der Waals surface area contributed by atoms with Gasteiger partial charge in [0.1, 0.15) is 19.1 Å². The fourth-order valence-corrected chi connectivity index (χ4v) is 3.97. The summed E-state index contributed by atoms with van der Waals surface area (Å²) in [5, 5.41) is 0. The largest absolute Gasteiger partial charge is 0.494 e. The summed E-state index contributed by atoms with van der Waals surface area (Å²) in [6.45, 7) is 5.75. The number of aromatic nitrogens is 1. The molecule has 4 rings (SSSR count). The van der Waals surface area contributed by atoms with Crippen LogP contribution >= 0.6 is 11.3 Å². The Morgan fingerprint density at radius 1 is 1.15 bits per heavy atom. The molecule has 1 aromatic heterocycles. The Labute approximate surface area is 161 Å². The first-order valence-electron chi connectivity index (χ1n) is 8.94. The van der Waals surface area contributed by atoms with E-state index in [4.69, 9.17) is 4.74 Å². The quantitative estimate of drug-likeness (QED) is 0.700. The number of hydrogen-bond acceptors (Lipinski definition) is 5. The van der Waals surface area contributed by atoms with Gasteiger partial charge in [-0.25, -0.2) is 4.99 Å². The zero-order chi connectivity index (χ0) is 18.8. The summed E-state index contributed by atoms with van der Waals surface area (Å²) in [6, 6.07) is 16.1. The van der Waals surface area contributed by atoms with Gasteiger partial charge >= 0.3 is 0 Å². The summed E-state index contributed by atoms with van der Waals surface area (Å²) < 4.78 is 7.91. The van der Waals surface area contributed by atoms with E-state index in [2.05, 4.69) is 41.1 Å². The number of aryl methyl sites for hydroxylation is 1. The number of nitrogens with zero attached hydrogens (tertiary/aromatic N) is 3. The molecule has 0 aliphatic carbocycles. The van der Waals surface area contributed by atoms with Gasteiger partial charge in [-0.2, -0.15) is 0 Å². The second kappa shape index (κ2) is 7.40. The van der Waals surface area contributed by atoms with Crippen LogP contribution in [0.1, 0.15) is 18.1 Å². The summed E-state index contributed by atoms with van der Waals surface area (Å²) >= 11 is 1.44. The van der Waals surface area contributed by atoms with Crippen molar-refractivity contribution in [3.63, 3.8) is 0 Å². The zero-order valence-corrected chi connectivity index (χ0v) is 16.2. The summed E-state index contributed by atoms with van der Waals surface area (Å²) in [6.07, 6.45) is 1.92. The second-order valence-electron chi connectivity index (χ2n) is 6.44. The first-order valence-corrected chi connectivity index (χ1v) is 9.76. The molecule has 27 heavy (non-hydrogen) atoms. The molecule has 138 valence electrons. The normalized spacial score (nSPS) is 14.0. The molecular formula is C21H21N3O2S. The first kappa shape index (κ1) is 17.5. The van der Waals surface area contributed by atoms with Gasteiger partial charge in [-0.05, 0) is 49.8 Å². The third-order valence-electron chi connectivity index (χ3n) is 4.46. The van der Waals surface area contributed by atoms with Crippen molar-refractivity contribution >= 4 is 23.1 Å². The molecule has 0 spiro atoms. The van der Waals surface area contributed by atoms with E-state index in [1.54, 1.807) is 4.57 Å². The van der Waals surface area contributed by atoms with Crippen LogP contribution in [0.15, 0.2) is 58.3 Å². The summed E-state index contributed by atoms with van der Waals surface area (Å²) in [7, 11) is 0. The molecule has 0 unspecified atom stereocenters. The van der Waals surface area contributed by atoms with Gasteiger partial charge in [-0.3, -0.25) is 9.36 Å². The van der Waals surface area contributed by atoms with Crippen LogP contribution in [0.5, 0.6) is 5.75 Å². The van der Waals surface area contributed by atoms with Gasteiger partial charge in [0.2, 0.25) is 0 Å². The highest BCUT2D eigenvalue weighted by atomic mass is 32.1. The SMILES string of the molecule is CCOc1ccc(/C=c2/sc3n(c2=O)CN(c2ccc(C)cc2)CN=3)cc1. The van der Waals surface area contributed by atoms with Crippen molar-refractivity contribution in [3.8, 4) is 5.75 Å². The lowest BCUT2D eigenvalue weighted by atomic mass is 10.2. The van der Waals surface area contributed by atoms with Gasteiger partial charge in [-0.15, -0.1) is 0 Å². The molecule has 1 aliphatic rings. The van der Waals surface area contributed by atoms with Crippen LogP contribution in [0.2, 0.25) is 0 Å². The molecule has 0 N–H and O–H groups in total. The number of ether oxygens (including phenoxy) is 1. The third kappa shape index (κ3) is 3.66. The smallest absolute Gasteiger partial charge is 0.271 e. The molecule has 6 heteroatoms. The lowest BCUT2D eigenvalue weighted by Crippen LogP contribution is -2.42. The van der Waals surface area contributed by atoms with Crippen molar-refractivity contribution in [3.05, 3.63) is 79.3 Å². The summed E-state index contributed by atoms with van der Waals surface area (Å²) in [5.41, 5.74) is 3.27. The molecule has 3 aromatic rings. The number of thiazole rings is 1. The topological polar surface area (TPSA) is 46.8 Å². The Morgan fingerprint density at radius 2 is 1.89 bits per heavy atom. The molecule has 0 atom stereocenters. The Morgan fingerprint density at radius 3 is 2.59 bits per heavy atom. The van der Waals surface area contributed by atoms with Crippen LogP contribution in [0.25, 0.3) is 6.08 Å². The van der Waals surface area contributed by atoms with E-state index in [1.807, 2.05) is 37.3 Å². The van der Waals surface area contributed by atoms with Crippen LogP contribution in [-0.4, -0.2) is 17.8 Å². The maximum absolute atomic E-state index is 12.8. The van der Waals surface area contributed by atoms with Gasteiger partial charge in [0, 0.05) is 5.69 Å². The minimum absolute atomic E-state index is 0.00412. The number of hydrogen-bond donors (Lipinski definition) is 0. The molecule has 1 aliphatic heterocycles. The molecule has 0 saturated heterocycles. The van der Waals surface area contributed by atoms with Crippen LogP contribution in [0.4, 0.5) is 5.69 Å². The van der Waals surface area contributed by atoms with Crippen molar-refractivity contribution in [1.82, 2.24) is 4.57 Å². The van der Waals surface area contributed by atoms with Crippen LogP contribution in [0, 0.1) is 6.92 Å². The molecule has 0 fully saturated rings. The molecule has 2 heterocycles. The molecule has 2 aromatic carbocycles. The Kier molecular flexibility index (Phi) is 4.81. The highest BCUT2D eigenvalue weighted by molar-refractivity contribution is 7.07. The van der Waals surface area contributed by atoms with Crippen molar-refractivity contribution < 1.29 is 4.74 Å². The van der Waals surface area contributed by atoms with E-state index in [0.717, 1.165) is 21.8 Å². The van der Waals surface area contributed by atoms with E-state index in [0.29, 0.717) is 24.5 Å². The highest BCUT2D eigenvalue weighted by Crippen LogP contribution is 2.16. The van der Waals surface area contributed by atoms with E-state index in [9.17, 15) is 4.79 Å². The van der Waals surface area contributed by atoms with Crippen molar-refractivity contribution in [1.29, 1.82) is 0 Å². The van der Waals surface area contributed by atoms with E-state index in [-0.39, 0.29) is 5.56 Å². The van der Waals surface area contributed by atoms with E-state index in [1.165, 1.54) is 16.9 Å².